The minimum atomic E-state index is -0.625. The molecule has 2 heterocycles. The van der Waals surface area contributed by atoms with E-state index in [2.05, 4.69) is 15.5 Å². The van der Waals surface area contributed by atoms with Crippen molar-refractivity contribution >= 4 is 46.5 Å². The van der Waals surface area contributed by atoms with E-state index in [1.807, 2.05) is 0 Å². The fraction of sp³-hybridized carbons (Fsp3) is 0.235. The highest BCUT2D eigenvalue weighted by Gasteiger charge is 2.21. The van der Waals surface area contributed by atoms with Gasteiger partial charge in [-0.05, 0) is 26.0 Å². The molecule has 0 fully saturated rings. The summed E-state index contributed by atoms with van der Waals surface area (Å²) in [5, 5.41) is 11.9. The van der Waals surface area contributed by atoms with Crippen molar-refractivity contribution < 1.29 is 9.18 Å². The molecule has 10 heteroatoms. The molecule has 0 aliphatic rings. The lowest BCUT2D eigenvalue weighted by Gasteiger charge is -2.13. The van der Waals surface area contributed by atoms with Crippen molar-refractivity contribution in [3.05, 3.63) is 62.7 Å². The van der Waals surface area contributed by atoms with Crippen LogP contribution in [0.2, 0.25) is 15.1 Å². The Morgan fingerprint density at radius 1 is 1.26 bits per heavy atom. The van der Waals surface area contributed by atoms with E-state index in [0.29, 0.717) is 10.7 Å². The van der Waals surface area contributed by atoms with Crippen LogP contribution in [-0.2, 0) is 11.3 Å². The Hall–Kier alpha value is -2.09. The van der Waals surface area contributed by atoms with Crippen LogP contribution in [0.15, 0.2) is 30.6 Å². The van der Waals surface area contributed by atoms with Gasteiger partial charge in [0.05, 0.1) is 23.5 Å². The second-order valence-corrected chi connectivity index (χ2v) is 7.13. The molecular weight excluding hydrogens is 416 g/mol. The van der Waals surface area contributed by atoms with Crippen molar-refractivity contribution in [2.45, 2.75) is 26.4 Å². The predicted octanol–water partition coefficient (Wildman–Crippen LogP) is 4.74. The molecule has 3 aromatic rings. The number of aromatic nitrogens is 4. The lowest BCUT2D eigenvalue weighted by atomic mass is 10.2. The monoisotopic (exact) mass is 429 g/mol. The van der Waals surface area contributed by atoms with E-state index in [1.54, 1.807) is 19.9 Å². The quantitative estimate of drug-likeness (QED) is 0.636. The van der Waals surface area contributed by atoms with Gasteiger partial charge in [0.2, 0.25) is 5.91 Å². The van der Waals surface area contributed by atoms with E-state index in [-0.39, 0.29) is 33.9 Å². The van der Waals surface area contributed by atoms with E-state index in [4.69, 9.17) is 34.8 Å². The molecule has 0 radical (unpaired) electrons. The highest BCUT2D eigenvalue weighted by molar-refractivity contribution is 6.33. The molecule has 1 unspecified atom stereocenters. The van der Waals surface area contributed by atoms with Crippen LogP contribution in [0.1, 0.15) is 24.2 Å². The first-order valence-corrected chi connectivity index (χ1v) is 9.07. The Labute approximate surface area is 169 Å². The van der Waals surface area contributed by atoms with Crippen molar-refractivity contribution in [3.8, 4) is 0 Å². The number of nitrogens with zero attached hydrogens (tertiary/aromatic N) is 4. The number of nitrogens with one attached hydrogen (secondary N) is 1. The minimum absolute atomic E-state index is 0.0739. The average molecular weight is 431 g/mol. The smallest absolute Gasteiger partial charge is 0.250 e. The molecule has 2 aromatic heterocycles. The molecule has 6 nitrogen and oxygen atoms in total. The number of anilines is 1. The van der Waals surface area contributed by atoms with Gasteiger partial charge < -0.3 is 5.32 Å². The maximum absolute atomic E-state index is 13.9. The SMILES string of the molecule is Cc1c(Cl)cnn1C(C)C(=O)Nc1nn(Cc2c(F)cccc2Cl)cc1Cl. The first-order valence-electron chi connectivity index (χ1n) is 7.94. The van der Waals surface area contributed by atoms with Crippen molar-refractivity contribution in [1.82, 2.24) is 19.6 Å². The number of rotatable bonds is 5. The summed E-state index contributed by atoms with van der Waals surface area (Å²) in [6.07, 6.45) is 2.96. The van der Waals surface area contributed by atoms with Crippen LogP contribution in [0, 0.1) is 12.7 Å². The Kier molecular flexibility index (Phi) is 5.74. The minimum Gasteiger partial charge on any atom is -0.306 e. The lowest BCUT2D eigenvalue weighted by molar-refractivity contribution is -0.119. The number of carbonyl (C=O) groups is 1. The van der Waals surface area contributed by atoms with Crippen LogP contribution in [0.4, 0.5) is 10.2 Å². The third-order valence-corrected chi connectivity index (χ3v) is 5.07. The highest BCUT2D eigenvalue weighted by Crippen LogP contribution is 2.25. The number of hydrogen-bond acceptors (Lipinski definition) is 3. The lowest BCUT2D eigenvalue weighted by Crippen LogP contribution is -2.25. The summed E-state index contributed by atoms with van der Waals surface area (Å²) in [6, 6.07) is 3.80. The van der Waals surface area contributed by atoms with Crippen LogP contribution in [0.5, 0.6) is 0 Å². The summed E-state index contributed by atoms with van der Waals surface area (Å²) in [7, 11) is 0. The first kappa shape index (κ1) is 19.7. The first-order chi connectivity index (χ1) is 12.8. The molecule has 0 spiro atoms. The maximum Gasteiger partial charge on any atom is 0.250 e. The van der Waals surface area contributed by atoms with Gasteiger partial charge in [-0.3, -0.25) is 14.2 Å². The van der Waals surface area contributed by atoms with Crippen molar-refractivity contribution in [3.63, 3.8) is 0 Å². The number of hydrogen-bond donors (Lipinski definition) is 1. The molecule has 1 atom stereocenters. The maximum atomic E-state index is 13.9. The van der Waals surface area contributed by atoms with Gasteiger partial charge in [-0.1, -0.05) is 40.9 Å². The molecule has 0 saturated heterocycles. The zero-order valence-electron chi connectivity index (χ0n) is 14.4. The molecule has 3 rings (SSSR count). The standard InChI is InChI=1S/C17H15Cl3FN5O/c1-9-13(19)6-22-26(9)10(2)17(27)23-16-14(20)8-25(24-16)7-11-12(18)4-3-5-15(11)21/h3-6,8,10H,7H2,1-2H3,(H,23,24,27). The second-order valence-electron chi connectivity index (χ2n) is 5.91. The summed E-state index contributed by atoms with van der Waals surface area (Å²) in [4.78, 5) is 12.5. The Balaban J connectivity index is 1.77. The predicted molar refractivity (Wildman–Crippen MR) is 103 cm³/mol. The Morgan fingerprint density at radius 3 is 2.63 bits per heavy atom. The zero-order chi connectivity index (χ0) is 19.7. The Morgan fingerprint density at radius 2 is 2.00 bits per heavy atom. The molecule has 1 N–H and O–H groups in total. The molecule has 27 heavy (non-hydrogen) atoms. The van der Waals surface area contributed by atoms with Crippen molar-refractivity contribution in [2.24, 2.45) is 0 Å². The topological polar surface area (TPSA) is 64.7 Å². The van der Waals surface area contributed by atoms with Gasteiger partial charge in [0.25, 0.3) is 0 Å². The van der Waals surface area contributed by atoms with Crippen LogP contribution in [-0.4, -0.2) is 25.5 Å². The van der Waals surface area contributed by atoms with Gasteiger partial charge in [0.1, 0.15) is 16.9 Å². The summed E-state index contributed by atoms with van der Waals surface area (Å²) >= 11 is 18.2. The van der Waals surface area contributed by atoms with Gasteiger partial charge >= 0.3 is 0 Å². The number of amides is 1. The van der Waals surface area contributed by atoms with Crippen molar-refractivity contribution in [2.75, 3.05) is 5.32 Å². The van der Waals surface area contributed by atoms with Gasteiger partial charge in [-0.25, -0.2) is 4.39 Å². The summed E-state index contributed by atoms with van der Waals surface area (Å²) in [5.74, 6) is -0.648. The zero-order valence-corrected chi connectivity index (χ0v) is 16.6. The third-order valence-electron chi connectivity index (χ3n) is 4.07. The van der Waals surface area contributed by atoms with E-state index < -0.39 is 11.9 Å². The van der Waals surface area contributed by atoms with Crippen LogP contribution in [0.3, 0.4) is 0 Å². The van der Waals surface area contributed by atoms with Crippen molar-refractivity contribution in [1.29, 1.82) is 0 Å². The highest BCUT2D eigenvalue weighted by atomic mass is 35.5. The van der Waals surface area contributed by atoms with Gasteiger partial charge in [0, 0.05) is 16.8 Å². The molecule has 0 aliphatic heterocycles. The largest absolute Gasteiger partial charge is 0.306 e. The molecule has 1 aromatic carbocycles. The van der Waals surface area contributed by atoms with Gasteiger partial charge in [0.15, 0.2) is 5.82 Å². The van der Waals surface area contributed by atoms with E-state index in [1.165, 1.54) is 33.9 Å². The Bertz CT molecular complexity index is 980. The molecule has 1 amide bonds. The van der Waals surface area contributed by atoms with E-state index in [9.17, 15) is 9.18 Å². The van der Waals surface area contributed by atoms with Crippen LogP contribution in [0.25, 0.3) is 0 Å². The van der Waals surface area contributed by atoms with Crippen LogP contribution < -0.4 is 5.32 Å². The van der Waals surface area contributed by atoms with E-state index in [0.717, 1.165) is 0 Å². The molecule has 0 aliphatic carbocycles. The summed E-state index contributed by atoms with van der Waals surface area (Å²) in [5.41, 5.74) is 0.955. The van der Waals surface area contributed by atoms with Crippen LogP contribution >= 0.6 is 34.8 Å². The number of halogens is 4. The molecular formula is C17H15Cl3FN5O. The van der Waals surface area contributed by atoms with Gasteiger partial charge in [-0.15, -0.1) is 0 Å². The normalized spacial score (nSPS) is 12.2. The number of carbonyl (C=O) groups excluding carboxylic acids is 1. The average Bonchev–Trinajstić information content (AvgIpc) is 3.13. The molecule has 0 saturated carbocycles. The second kappa shape index (κ2) is 7.88. The van der Waals surface area contributed by atoms with Gasteiger partial charge in [-0.2, -0.15) is 10.2 Å². The summed E-state index contributed by atoms with van der Waals surface area (Å²) < 4.78 is 16.8. The summed E-state index contributed by atoms with van der Waals surface area (Å²) in [6.45, 7) is 3.51. The fourth-order valence-corrected chi connectivity index (χ4v) is 3.08. The number of benzene rings is 1. The molecule has 142 valence electrons. The van der Waals surface area contributed by atoms with E-state index >= 15 is 0 Å². The fourth-order valence-electron chi connectivity index (χ4n) is 2.53. The third kappa shape index (κ3) is 4.10. The molecule has 0 bridgehead atoms.